The van der Waals surface area contributed by atoms with Crippen LogP contribution in [-0.2, 0) is 4.74 Å². The Labute approximate surface area is 102 Å². The van der Waals surface area contributed by atoms with E-state index < -0.39 is 0 Å². The van der Waals surface area contributed by atoms with Crippen LogP contribution in [0.5, 0.6) is 0 Å². The van der Waals surface area contributed by atoms with Crippen LogP contribution in [0.3, 0.4) is 0 Å². The number of nitrogens with one attached hydrogen (secondary N) is 1. The summed E-state index contributed by atoms with van der Waals surface area (Å²) in [7, 11) is 1.91. The highest BCUT2D eigenvalue weighted by Gasteiger charge is 2.33. The molecule has 0 saturated carbocycles. The molecule has 1 unspecified atom stereocenters. The number of cyclic esters (lactones) is 1. The monoisotopic (exact) mass is 234 g/mol. The topological polar surface area (TPSA) is 41.6 Å². The number of rotatable bonds is 4. The van der Waals surface area contributed by atoms with Crippen LogP contribution < -0.4 is 10.2 Å². The SMILES string of the molecule is CNCCC1COC(=O)N1c1ccc(C)cc1. The molecule has 1 atom stereocenters. The second-order valence-corrected chi connectivity index (χ2v) is 4.33. The van der Waals surface area contributed by atoms with Crippen molar-refractivity contribution >= 4 is 11.8 Å². The molecule has 0 spiro atoms. The van der Waals surface area contributed by atoms with E-state index in [4.69, 9.17) is 4.74 Å². The van der Waals surface area contributed by atoms with Crippen molar-refractivity contribution in [1.82, 2.24) is 5.32 Å². The molecule has 1 N–H and O–H groups in total. The van der Waals surface area contributed by atoms with Crippen molar-refractivity contribution < 1.29 is 9.53 Å². The minimum absolute atomic E-state index is 0.137. The van der Waals surface area contributed by atoms with Crippen LogP contribution in [0.15, 0.2) is 24.3 Å². The third kappa shape index (κ3) is 2.58. The lowest BCUT2D eigenvalue weighted by Crippen LogP contribution is -2.35. The van der Waals surface area contributed by atoms with Gasteiger partial charge in [-0.2, -0.15) is 0 Å². The molecule has 92 valence electrons. The molecule has 0 radical (unpaired) electrons. The largest absolute Gasteiger partial charge is 0.447 e. The van der Waals surface area contributed by atoms with Crippen molar-refractivity contribution in [2.45, 2.75) is 19.4 Å². The Morgan fingerprint density at radius 3 is 2.76 bits per heavy atom. The number of ether oxygens (including phenoxy) is 1. The van der Waals surface area contributed by atoms with E-state index in [-0.39, 0.29) is 12.1 Å². The molecule has 1 amide bonds. The molecule has 0 aromatic heterocycles. The summed E-state index contributed by atoms with van der Waals surface area (Å²) in [6.45, 7) is 3.39. The maximum atomic E-state index is 11.7. The Balaban J connectivity index is 2.15. The van der Waals surface area contributed by atoms with Crippen LogP contribution in [0.2, 0.25) is 0 Å². The summed E-state index contributed by atoms with van der Waals surface area (Å²) in [4.78, 5) is 13.5. The zero-order chi connectivity index (χ0) is 12.3. The van der Waals surface area contributed by atoms with E-state index in [1.54, 1.807) is 4.90 Å². The summed E-state index contributed by atoms with van der Waals surface area (Å²) in [5.41, 5.74) is 2.10. The second kappa shape index (κ2) is 5.19. The van der Waals surface area contributed by atoms with Crippen LogP contribution in [0, 0.1) is 6.92 Å². The van der Waals surface area contributed by atoms with Crippen LogP contribution in [0.1, 0.15) is 12.0 Å². The van der Waals surface area contributed by atoms with E-state index >= 15 is 0 Å². The quantitative estimate of drug-likeness (QED) is 0.865. The normalized spacial score (nSPS) is 19.5. The predicted octanol–water partition coefficient (Wildman–Crippen LogP) is 1.93. The van der Waals surface area contributed by atoms with Gasteiger partial charge in [0.2, 0.25) is 0 Å². The molecular weight excluding hydrogens is 216 g/mol. The van der Waals surface area contributed by atoms with Crippen molar-refractivity contribution in [2.75, 3.05) is 25.1 Å². The van der Waals surface area contributed by atoms with E-state index in [0.717, 1.165) is 18.7 Å². The average molecular weight is 234 g/mol. The molecule has 0 bridgehead atoms. The number of carbonyl (C=O) groups is 1. The fourth-order valence-corrected chi connectivity index (χ4v) is 2.01. The van der Waals surface area contributed by atoms with Crippen LogP contribution >= 0.6 is 0 Å². The van der Waals surface area contributed by atoms with Crippen molar-refractivity contribution in [3.8, 4) is 0 Å². The third-order valence-electron chi connectivity index (χ3n) is 3.00. The molecule has 1 aromatic carbocycles. The minimum Gasteiger partial charge on any atom is -0.447 e. The van der Waals surface area contributed by atoms with Gasteiger partial charge in [0.25, 0.3) is 0 Å². The van der Waals surface area contributed by atoms with Gasteiger partial charge < -0.3 is 10.1 Å². The molecule has 4 heteroatoms. The lowest BCUT2D eigenvalue weighted by Gasteiger charge is -2.21. The molecule has 1 saturated heterocycles. The van der Waals surface area contributed by atoms with E-state index in [0.29, 0.717) is 6.61 Å². The summed E-state index contributed by atoms with van der Waals surface area (Å²) in [5, 5.41) is 3.10. The van der Waals surface area contributed by atoms with Gasteiger partial charge in [-0.1, -0.05) is 17.7 Å². The summed E-state index contributed by atoms with van der Waals surface area (Å²) >= 11 is 0. The molecule has 0 aliphatic carbocycles. The number of carbonyl (C=O) groups excluding carboxylic acids is 1. The Kier molecular flexibility index (Phi) is 3.64. The first kappa shape index (κ1) is 11.9. The standard InChI is InChI=1S/C13H18N2O2/c1-10-3-5-11(6-4-10)15-12(7-8-14-2)9-17-13(15)16/h3-6,12,14H,7-9H2,1-2H3. The Bertz CT molecular complexity index is 389. The lowest BCUT2D eigenvalue weighted by atomic mass is 10.1. The van der Waals surface area contributed by atoms with Crippen LogP contribution in [-0.4, -0.2) is 32.3 Å². The van der Waals surface area contributed by atoms with Gasteiger partial charge in [-0.25, -0.2) is 4.79 Å². The number of benzene rings is 1. The van der Waals surface area contributed by atoms with Crippen molar-refractivity contribution in [3.63, 3.8) is 0 Å². The molecule has 2 rings (SSSR count). The number of hydrogen-bond acceptors (Lipinski definition) is 3. The first-order valence-electron chi connectivity index (χ1n) is 5.89. The van der Waals surface area contributed by atoms with Gasteiger partial charge in [0, 0.05) is 5.69 Å². The number of nitrogens with zero attached hydrogens (tertiary/aromatic N) is 1. The number of anilines is 1. The fraction of sp³-hybridized carbons (Fsp3) is 0.462. The van der Waals surface area contributed by atoms with Crippen LogP contribution in [0.4, 0.5) is 10.5 Å². The zero-order valence-electron chi connectivity index (χ0n) is 10.3. The summed E-state index contributed by atoms with van der Waals surface area (Å²) in [6.07, 6.45) is 0.658. The maximum Gasteiger partial charge on any atom is 0.414 e. The van der Waals surface area contributed by atoms with E-state index in [1.807, 2.05) is 38.2 Å². The van der Waals surface area contributed by atoms with Gasteiger partial charge >= 0.3 is 6.09 Å². The summed E-state index contributed by atoms with van der Waals surface area (Å²) in [6, 6.07) is 8.09. The molecule has 1 aromatic rings. The molecule has 17 heavy (non-hydrogen) atoms. The van der Waals surface area contributed by atoms with Gasteiger partial charge in [-0.05, 0) is 39.1 Å². The summed E-state index contributed by atoms with van der Waals surface area (Å²) in [5.74, 6) is 0. The van der Waals surface area contributed by atoms with Crippen LogP contribution in [0.25, 0.3) is 0 Å². The minimum atomic E-state index is -0.241. The fourth-order valence-electron chi connectivity index (χ4n) is 2.01. The van der Waals surface area contributed by atoms with Gasteiger partial charge in [-0.3, -0.25) is 4.90 Å². The Hall–Kier alpha value is -1.55. The van der Waals surface area contributed by atoms with Crippen molar-refractivity contribution in [3.05, 3.63) is 29.8 Å². The molecular formula is C13H18N2O2. The van der Waals surface area contributed by atoms with Gasteiger partial charge in [0.1, 0.15) is 6.61 Å². The number of hydrogen-bond donors (Lipinski definition) is 1. The molecule has 4 nitrogen and oxygen atoms in total. The highest BCUT2D eigenvalue weighted by atomic mass is 16.6. The Morgan fingerprint density at radius 1 is 1.41 bits per heavy atom. The predicted molar refractivity (Wildman–Crippen MR) is 67.3 cm³/mol. The first-order valence-corrected chi connectivity index (χ1v) is 5.89. The molecule has 1 heterocycles. The van der Waals surface area contributed by atoms with Gasteiger partial charge in [-0.15, -0.1) is 0 Å². The average Bonchev–Trinajstić information content (AvgIpc) is 2.69. The lowest BCUT2D eigenvalue weighted by molar-refractivity contribution is 0.178. The number of aryl methyl sites for hydroxylation is 1. The van der Waals surface area contributed by atoms with Gasteiger partial charge in [0.05, 0.1) is 6.04 Å². The second-order valence-electron chi connectivity index (χ2n) is 4.33. The Morgan fingerprint density at radius 2 is 2.12 bits per heavy atom. The summed E-state index contributed by atoms with van der Waals surface area (Å²) < 4.78 is 5.12. The van der Waals surface area contributed by atoms with E-state index in [2.05, 4.69) is 5.32 Å². The first-order chi connectivity index (χ1) is 8.22. The zero-order valence-corrected chi connectivity index (χ0v) is 10.3. The highest BCUT2D eigenvalue weighted by Crippen LogP contribution is 2.24. The molecule has 1 fully saturated rings. The van der Waals surface area contributed by atoms with Crippen molar-refractivity contribution in [1.29, 1.82) is 0 Å². The van der Waals surface area contributed by atoms with E-state index in [9.17, 15) is 4.79 Å². The number of amides is 1. The van der Waals surface area contributed by atoms with Crippen molar-refractivity contribution in [2.24, 2.45) is 0 Å². The smallest absolute Gasteiger partial charge is 0.414 e. The third-order valence-corrected chi connectivity index (χ3v) is 3.00. The van der Waals surface area contributed by atoms with E-state index in [1.165, 1.54) is 5.56 Å². The highest BCUT2D eigenvalue weighted by molar-refractivity contribution is 5.90. The molecule has 1 aliphatic rings. The van der Waals surface area contributed by atoms with Gasteiger partial charge in [0.15, 0.2) is 0 Å². The molecule has 1 aliphatic heterocycles. The maximum absolute atomic E-state index is 11.7.